The van der Waals surface area contributed by atoms with Crippen molar-refractivity contribution in [2.75, 3.05) is 0 Å². The molecule has 0 bridgehead atoms. The third-order valence-electron chi connectivity index (χ3n) is 2.85. The Hall–Kier alpha value is -1.85. The van der Waals surface area contributed by atoms with Crippen molar-refractivity contribution in [3.05, 3.63) is 51.2 Å². The molecule has 0 amide bonds. The molecule has 0 spiro atoms. The molecule has 0 atom stereocenters. The number of hydrogen-bond donors (Lipinski definition) is 3. The molecule has 100 valence electrons. The van der Waals surface area contributed by atoms with Crippen LogP contribution in [0.15, 0.2) is 30.3 Å². The summed E-state index contributed by atoms with van der Waals surface area (Å²) < 4.78 is 0. The molecule has 4 nitrogen and oxygen atoms in total. The lowest BCUT2D eigenvalue weighted by molar-refractivity contribution is 0.0702. The molecule has 0 aliphatic carbocycles. The van der Waals surface area contributed by atoms with Crippen LogP contribution < -0.4 is 5.32 Å². The van der Waals surface area contributed by atoms with Gasteiger partial charge in [-0.05, 0) is 24.6 Å². The fraction of sp³-hybridized carbons (Fsp3) is 0.214. The first kappa shape index (κ1) is 13.6. The van der Waals surface area contributed by atoms with Gasteiger partial charge >= 0.3 is 5.97 Å². The van der Waals surface area contributed by atoms with E-state index >= 15 is 0 Å². The Morgan fingerprint density at radius 3 is 2.58 bits per heavy atom. The zero-order valence-corrected chi connectivity index (χ0v) is 11.3. The second-order valence-corrected chi connectivity index (χ2v) is 5.49. The molecule has 0 unspecified atom stereocenters. The predicted molar refractivity (Wildman–Crippen MR) is 74.7 cm³/mol. The highest BCUT2D eigenvalue weighted by Crippen LogP contribution is 2.22. The Balaban J connectivity index is 1.96. The first-order chi connectivity index (χ1) is 9.08. The maximum absolute atomic E-state index is 10.9. The number of aromatic carboxylic acids is 1. The van der Waals surface area contributed by atoms with Crippen molar-refractivity contribution in [1.29, 1.82) is 0 Å². The van der Waals surface area contributed by atoms with Crippen molar-refractivity contribution < 1.29 is 15.0 Å². The number of carbonyl (C=O) groups is 1. The summed E-state index contributed by atoms with van der Waals surface area (Å²) in [6.45, 7) is 3.04. The molecule has 0 saturated carbocycles. The Labute approximate surface area is 115 Å². The molecule has 1 heterocycles. The summed E-state index contributed by atoms with van der Waals surface area (Å²) >= 11 is 1.28. The van der Waals surface area contributed by atoms with Gasteiger partial charge in [-0.3, -0.25) is 0 Å². The van der Waals surface area contributed by atoms with Gasteiger partial charge in [-0.25, -0.2) is 4.79 Å². The van der Waals surface area contributed by atoms with Crippen LogP contribution in [0.25, 0.3) is 0 Å². The molecule has 0 aliphatic rings. The van der Waals surface area contributed by atoms with E-state index in [1.165, 1.54) is 11.3 Å². The molecule has 0 saturated heterocycles. The van der Waals surface area contributed by atoms with Gasteiger partial charge in [0.05, 0.1) is 0 Å². The molecule has 0 radical (unpaired) electrons. The lowest BCUT2D eigenvalue weighted by Gasteiger charge is -2.06. The van der Waals surface area contributed by atoms with Crippen LogP contribution in [0.2, 0.25) is 0 Å². The number of thiophene rings is 1. The minimum absolute atomic E-state index is 0.267. The molecule has 2 aromatic rings. The number of hydrogen-bond acceptors (Lipinski definition) is 4. The average Bonchev–Trinajstić information content (AvgIpc) is 2.74. The van der Waals surface area contributed by atoms with E-state index in [2.05, 4.69) is 5.32 Å². The minimum atomic E-state index is -0.889. The van der Waals surface area contributed by atoms with E-state index in [1.54, 1.807) is 18.2 Å². The van der Waals surface area contributed by atoms with Crippen molar-refractivity contribution in [2.24, 2.45) is 0 Å². The maximum Gasteiger partial charge on any atom is 0.345 e. The first-order valence-corrected chi connectivity index (χ1v) is 6.69. The van der Waals surface area contributed by atoms with Crippen LogP contribution in [-0.4, -0.2) is 16.2 Å². The lowest BCUT2D eigenvalue weighted by atomic mass is 10.2. The van der Waals surface area contributed by atoms with Crippen molar-refractivity contribution in [1.82, 2.24) is 5.32 Å². The highest BCUT2D eigenvalue weighted by molar-refractivity contribution is 7.14. The summed E-state index contributed by atoms with van der Waals surface area (Å²) in [4.78, 5) is 12.2. The van der Waals surface area contributed by atoms with Crippen LogP contribution in [0, 0.1) is 6.92 Å². The number of nitrogens with one attached hydrogen (secondary N) is 1. The third kappa shape index (κ3) is 3.33. The number of benzene rings is 1. The average molecular weight is 277 g/mol. The van der Waals surface area contributed by atoms with Crippen LogP contribution >= 0.6 is 11.3 Å². The second-order valence-electron chi connectivity index (χ2n) is 4.23. The van der Waals surface area contributed by atoms with Gasteiger partial charge in [0.25, 0.3) is 0 Å². The fourth-order valence-corrected chi connectivity index (χ4v) is 2.67. The highest BCUT2D eigenvalue weighted by atomic mass is 32.1. The van der Waals surface area contributed by atoms with Crippen molar-refractivity contribution in [3.63, 3.8) is 0 Å². The summed E-state index contributed by atoms with van der Waals surface area (Å²) in [5, 5.41) is 21.7. The number of phenols is 1. The number of aryl methyl sites for hydroxylation is 1. The molecule has 1 aromatic carbocycles. The summed E-state index contributed by atoms with van der Waals surface area (Å²) in [6.07, 6.45) is 0. The van der Waals surface area contributed by atoms with Gasteiger partial charge in [0, 0.05) is 23.5 Å². The number of para-hydroxylation sites is 1. The molecule has 19 heavy (non-hydrogen) atoms. The summed E-state index contributed by atoms with van der Waals surface area (Å²) in [5.41, 5.74) is 1.81. The number of phenolic OH excluding ortho intramolecular Hbond substituents is 1. The normalized spacial score (nSPS) is 10.6. The van der Waals surface area contributed by atoms with E-state index in [9.17, 15) is 9.90 Å². The molecule has 0 aliphatic heterocycles. The van der Waals surface area contributed by atoms with E-state index in [-0.39, 0.29) is 5.75 Å². The SMILES string of the molecule is Cc1sc(C(=O)O)cc1CNCc1ccccc1O. The summed E-state index contributed by atoms with van der Waals surface area (Å²) in [5.74, 6) is -0.622. The summed E-state index contributed by atoms with van der Waals surface area (Å²) in [6, 6.07) is 8.84. The maximum atomic E-state index is 10.9. The number of aromatic hydroxyl groups is 1. The predicted octanol–water partition coefficient (Wildman–Crippen LogP) is 2.75. The molecular formula is C14H15NO3S. The van der Waals surface area contributed by atoms with Gasteiger partial charge in [-0.1, -0.05) is 18.2 Å². The Kier molecular flexibility index (Phi) is 4.19. The van der Waals surface area contributed by atoms with E-state index in [0.717, 1.165) is 16.0 Å². The van der Waals surface area contributed by atoms with E-state index in [0.29, 0.717) is 18.0 Å². The smallest absolute Gasteiger partial charge is 0.345 e. The van der Waals surface area contributed by atoms with Gasteiger partial charge in [-0.2, -0.15) is 0 Å². The molecule has 3 N–H and O–H groups in total. The van der Waals surface area contributed by atoms with Crippen molar-refractivity contribution in [3.8, 4) is 5.75 Å². The van der Waals surface area contributed by atoms with Crippen LogP contribution in [0.5, 0.6) is 5.75 Å². The molecule has 5 heteroatoms. The number of rotatable bonds is 5. The highest BCUT2D eigenvalue weighted by Gasteiger charge is 2.10. The van der Waals surface area contributed by atoms with Gasteiger partial charge in [0.1, 0.15) is 10.6 Å². The van der Waals surface area contributed by atoms with Crippen LogP contribution in [-0.2, 0) is 13.1 Å². The summed E-state index contributed by atoms with van der Waals surface area (Å²) in [7, 11) is 0. The van der Waals surface area contributed by atoms with Gasteiger partial charge in [0.15, 0.2) is 0 Å². The number of carboxylic acid groups (broad SMARTS) is 1. The quantitative estimate of drug-likeness (QED) is 0.786. The van der Waals surface area contributed by atoms with E-state index in [4.69, 9.17) is 5.11 Å². The Bertz CT molecular complexity index is 592. The number of carboxylic acids is 1. The van der Waals surface area contributed by atoms with Crippen LogP contribution in [0.3, 0.4) is 0 Å². The first-order valence-electron chi connectivity index (χ1n) is 5.88. The minimum Gasteiger partial charge on any atom is -0.508 e. The monoisotopic (exact) mass is 277 g/mol. The Morgan fingerprint density at radius 1 is 1.26 bits per heavy atom. The van der Waals surface area contributed by atoms with E-state index in [1.807, 2.05) is 19.1 Å². The third-order valence-corrected chi connectivity index (χ3v) is 3.93. The van der Waals surface area contributed by atoms with E-state index < -0.39 is 5.97 Å². The van der Waals surface area contributed by atoms with Gasteiger partial charge < -0.3 is 15.5 Å². The van der Waals surface area contributed by atoms with Crippen molar-refractivity contribution in [2.45, 2.75) is 20.0 Å². The second kappa shape index (κ2) is 5.86. The lowest BCUT2D eigenvalue weighted by Crippen LogP contribution is -2.12. The zero-order valence-electron chi connectivity index (χ0n) is 10.5. The van der Waals surface area contributed by atoms with Gasteiger partial charge in [-0.15, -0.1) is 11.3 Å². The van der Waals surface area contributed by atoms with Gasteiger partial charge in [0.2, 0.25) is 0 Å². The zero-order chi connectivity index (χ0) is 13.8. The Morgan fingerprint density at radius 2 is 1.95 bits per heavy atom. The van der Waals surface area contributed by atoms with Crippen LogP contribution in [0.1, 0.15) is 25.7 Å². The molecular weight excluding hydrogens is 262 g/mol. The molecule has 2 rings (SSSR count). The molecule has 0 fully saturated rings. The van der Waals surface area contributed by atoms with Crippen LogP contribution in [0.4, 0.5) is 0 Å². The van der Waals surface area contributed by atoms with Crippen molar-refractivity contribution >= 4 is 17.3 Å². The largest absolute Gasteiger partial charge is 0.508 e. The topological polar surface area (TPSA) is 69.6 Å². The molecule has 1 aromatic heterocycles. The fourth-order valence-electron chi connectivity index (χ4n) is 1.79. The standard InChI is InChI=1S/C14H15NO3S/c1-9-11(6-13(19-9)14(17)18)8-15-7-10-4-2-3-5-12(10)16/h2-6,15-16H,7-8H2,1H3,(H,17,18).